The molecule has 1 aliphatic heterocycles. The molecular weight excluding hydrogens is 491 g/mol. The van der Waals surface area contributed by atoms with Crippen molar-refractivity contribution in [1.82, 2.24) is 30.2 Å². The van der Waals surface area contributed by atoms with Gasteiger partial charge in [-0.15, -0.1) is 0 Å². The van der Waals surface area contributed by atoms with E-state index >= 15 is 0 Å². The minimum Gasteiger partial charge on any atom is -0.462 e. The number of nitrogens with one attached hydrogen (secondary N) is 2. The maximum Gasteiger partial charge on any atom is 0.316 e. The van der Waals surface area contributed by atoms with E-state index < -0.39 is 11.7 Å². The van der Waals surface area contributed by atoms with E-state index in [1.165, 1.54) is 25.0 Å². The first-order valence-corrected chi connectivity index (χ1v) is 12.8. The van der Waals surface area contributed by atoms with Gasteiger partial charge in [-0.2, -0.15) is 4.98 Å². The van der Waals surface area contributed by atoms with Gasteiger partial charge in [0, 0.05) is 24.8 Å². The van der Waals surface area contributed by atoms with Crippen LogP contribution in [0.1, 0.15) is 31.9 Å². The second kappa shape index (κ2) is 11.1. The van der Waals surface area contributed by atoms with Gasteiger partial charge in [-0.1, -0.05) is 0 Å². The van der Waals surface area contributed by atoms with Gasteiger partial charge in [-0.05, 0) is 70.1 Å². The molecule has 0 bridgehead atoms. The zero-order chi connectivity index (χ0) is 26.7. The van der Waals surface area contributed by atoms with Crippen LogP contribution in [0.15, 0.2) is 36.5 Å². The summed E-state index contributed by atoms with van der Waals surface area (Å²) in [6, 6.07) is 8.04. The number of amides is 1. The molecule has 202 valence electrons. The van der Waals surface area contributed by atoms with Crippen LogP contribution in [0.2, 0.25) is 0 Å². The van der Waals surface area contributed by atoms with Gasteiger partial charge in [0.15, 0.2) is 5.82 Å². The molecule has 2 aliphatic rings. The Balaban J connectivity index is 1.37. The Labute approximate surface area is 220 Å². The molecule has 38 heavy (non-hydrogen) atoms. The lowest BCUT2D eigenvalue weighted by molar-refractivity contribution is -0.231. The predicted octanol–water partition coefficient (Wildman–Crippen LogP) is 3.19. The minimum atomic E-state index is -0.801. The fourth-order valence-corrected chi connectivity index (χ4v) is 4.04. The van der Waals surface area contributed by atoms with Crippen molar-refractivity contribution in [3.8, 4) is 28.7 Å². The smallest absolute Gasteiger partial charge is 0.316 e. The topological polar surface area (TPSA) is 114 Å². The normalized spacial score (nSPS) is 21.4. The molecule has 1 amide bonds. The Hall–Kier alpha value is -3.41. The predicted molar refractivity (Wildman–Crippen MR) is 138 cm³/mol. The molecule has 10 nitrogen and oxygen atoms in total. The summed E-state index contributed by atoms with van der Waals surface area (Å²) in [6.07, 6.45) is 3.14. The van der Waals surface area contributed by atoms with Crippen molar-refractivity contribution in [3.63, 3.8) is 0 Å². The SMILES string of the molecule is CN(C)CCOc1nccc(-c2[nH]c(C3OCC(C)(C(=O)NCC4CC4)CO3)nc2-c2ccc(F)cc2)n1. The van der Waals surface area contributed by atoms with Crippen LogP contribution < -0.4 is 10.1 Å². The third-order valence-corrected chi connectivity index (χ3v) is 6.63. The highest BCUT2D eigenvalue weighted by atomic mass is 19.1. The summed E-state index contributed by atoms with van der Waals surface area (Å²) in [5.41, 5.74) is 1.61. The molecule has 1 aliphatic carbocycles. The van der Waals surface area contributed by atoms with Gasteiger partial charge >= 0.3 is 6.01 Å². The second-order valence-corrected chi connectivity index (χ2v) is 10.4. The van der Waals surface area contributed by atoms with Gasteiger partial charge in [0.05, 0.1) is 35.7 Å². The summed E-state index contributed by atoms with van der Waals surface area (Å²) in [5, 5.41) is 3.01. The summed E-state index contributed by atoms with van der Waals surface area (Å²) in [5.74, 6) is 0.599. The molecule has 2 N–H and O–H groups in total. The Morgan fingerprint density at radius 1 is 1.18 bits per heavy atom. The number of likely N-dealkylation sites (N-methyl/N-ethyl adjacent to an activating group) is 1. The van der Waals surface area contributed by atoms with Crippen molar-refractivity contribution in [2.45, 2.75) is 26.1 Å². The molecule has 3 heterocycles. The number of carbonyl (C=O) groups is 1. The molecule has 11 heteroatoms. The second-order valence-electron chi connectivity index (χ2n) is 10.4. The Morgan fingerprint density at radius 3 is 2.61 bits per heavy atom. The van der Waals surface area contributed by atoms with Gasteiger partial charge in [-0.3, -0.25) is 4.79 Å². The molecule has 1 saturated heterocycles. The average Bonchev–Trinajstić information content (AvgIpc) is 3.64. The van der Waals surface area contributed by atoms with E-state index in [1.807, 2.05) is 25.9 Å². The fraction of sp³-hybridized carbons (Fsp3) is 0.481. The molecule has 1 aromatic carbocycles. The van der Waals surface area contributed by atoms with Gasteiger partial charge in [0.25, 0.3) is 0 Å². The van der Waals surface area contributed by atoms with Crippen LogP contribution in [-0.2, 0) is 14.3 Å². The highest BCUT2D eigenvalue weighted by Crippen LogP contribution is 2.36. The number of carbonyl (C=O) groups excluding carboxylic acids is 1. The largest absolute Gasteiger partial charge is 0.462 e. The monoisotopic (exact) mass is 524 g/mol. The van der Waals surface area contributed by atoms with Crippen LogP contribution in [0.3, 0.4) is 0 Å². The molecule has 2 fully saturated rings. The number of aromatic nitrogens is 4. The van der Waals surface area contributed by atoms with Crippen LogP contribution >= 0.6 is 0 Å². The van der Waals surface area contributed by atoms with Crippen molar-refractivity contribution in [3.05, 3.63) is 48.2 Å². The van der Waals surface area contributed by atoms with Gasteiger partial charge in [-0.25, -0.2) is 14.4 Å². The van der Waals surface area contributed by atoms with Crippen molar-refractivity contribution in [2.24, 2.45) is 11.3 Å². The molecule has 3 aromatic rings. The molecule has 1 saturated carbocycles. The molecule has 0 spiro atoms. The van der Waals surface area contributed by atoms with E-state index in [0.29, 0.717) is 47.5 Å². The van der Waals surface area contributed by atoms with Crippen molar-refractivity contribution >= 4 is 5.91 Å². The molecule has 5 rings (SSSR count). The standard InChI is InChI=1S/C27H33FN6O4/c1-27(25(35)30-14-17-4-5-17)15-37-24(38-16-27)23-32-21(18-6-8-19(28)9-7-18)22(33-23)20-10-11-29-26(31-20)36-13-12-34(2)3/h6-11,17,24H,4-5,12-16H2,1-3H3,(H,30,35)(H,32,33). The number of imidazole rings is 1. The van der Waals surface area contributed by atoms with Crippen molar-refractivity contribution in [1.29, 1.82) is 0 Å². The van der Waals surface area contributed by atoms with E-state index in [1.54, 1.807) is 24.4 Å². The van der Waals surface area contributed by atoms with Gasteiger partial charge in [0.2, 0.25) is 12.2 Å². The van der Waals surface area contributed by atoms with Crippen LogP contribution in [0, 0.1) is 17.2 Å². The van der Waals surface area contributed by atoms with Crippen LogP contribution in [-0.4, -0.2) is 77.7 Å². The summed E-state index contributed by atoms with van der Waals surface area (Å²) >= 11 is 0. The lowest BCUT2D eigenvalue weighted by atomic mass is 9.91. The number of H-pyrrole nitrogens is 1. The Morgan fingerprint density at radius 2 is 1.92 bits per heavy atom. The number of rotatable bonds is 10. The number of aromatic amines is 1. The molecule has 0 radical (unpaired) electrons. The van der Waals surface area contributed by atoms with Crippen LogP contribution in [0.25, 0.3) is 22.6 Å². The van der Waals surface area contributed by atoms with E-state index in [9.17, 15) is 9.18 Å². The number of nitrogens with zero attached hydrogens (tertiary/aromatic N) is 4. The quantitative estimate of drug-likeness (QED) is 0.416. The first kappa shape index (κ1) is 26.2. The Bertz CT molecular complexity index is 1250. The number of benzene rings is 1. The third-order valence-electron chi connectivity index (χ3n) is 6.63. The zero-order valence-electron chi connectivity index (χ0n) is 21.9. The first-order valence-electron chi connectivity index (χ1n) is 12.8. The maximum absolute atomic E-state index is 13.6. The van der Waals surface area contributed by atoms with E-state index in [4.69, 9.17) is 19.2 Å². The van der Waals surface area contributed by atoms with Crippen molar-refractivity contribution < 1.29 is 23.4 Å². The van der Waals surface area contributed by atoms with Crippen LogP contribution in [0.5, 0.6) is 6.01 Å². The third kappa shape index (κ3) is 6.17. The van der Waals surface area contributed by atoms with E-state index in [0.717, 1.165) is 6.54 Å². The molecular formula is C27H33FN6O4. The summed E-state index contributed by atoms with van der Waals surface area (Å²) in [7, 11) is 3.92. The highest BCUT2D eigenvalue weighted by Gasteiger charge is 2.41. The first-order chi connectivity index (χ1) is 18.3. The van der Waals surface area contributed by atoms with Crippen LogP contribution in [0.4, 0.5) is 4.39 Å². The van der Waals surface area contributed by atoms with E-state index in [2.05, 4.69) is 20.3 Å². The van der Waals surface area contributed by atoms with E-state index in [-0.39, 0.29) is 30.9 Å². The molecule has 2 aromatic heterocycles. The summed E-state index contributed by atoms with van der Waals surface area (Å²) in [6.45, 7) is 4.06. The summed E-state index contributed by atoms with van der Waals surface area (Å²) < 4.78 is 31.3. The summed E-state index contributed by atoms with van der Waals surface area (Å²) in [4.78, 5) is 31.5. The van der Waals surface area contributed by atoms with Gasteiger partial charge < -0.3 is 29.4 Å². The zero-order valence-corrected chi connectivity index (χ0v) is 21.9. The highest BCUT2D eigenvalue weighted by molar-refractivity contribution is 5.82. The fourth-order valence-electron chi connectivity index (χ4n) is 4.04. The maximum atomic E-state index is 13.6. The molecule has 0 atom stereocenters. The minimum absolute atomic E-state index is 0.0715. The lowest BCUT2D eigenvalue weighted by Gasteiger charge is -2.35. The van der Waals surface area contributed by atoms with Gasteiger partial charge in [0.1, 0.15) is 12.4 Å². The molecule has 0 unspecified atom stereocenters. The number of ether oxygens (including phenoxy) is 3. The lowest BCUT2D eigenvalue weighted by Crippen LogP contribution is -2.49. The average molecular weight is 525 g/mol. The number of hydrogen-bond donors (Lipinski definition) is 2. The van der Waals surface area contributed by atoms with Crippen molar-refractivity contribution in [2.75, 3.05) is 47.0 Å². The number of halogens is 1. The Kier molecular flexibility index (Phi) is 7.68. The number of hydrogen-bond acceptors (Lipinski definition) is 8.